The molecular formula is C44H47N3O6. The Morgan fingerprint density at radius 1 is 1.02 bits per heavy atom. The van der Waals surface area contributed by atoms with Crippen molar-refractivity contribution in [3.63, 3.8) is 0 Å². The van der Waals surface area contributed by atoms with Crippen molar-refractivity contribution in [2.24, 2.45) is 16.3 Å². The molecule has 0 radical (unpaired) electrons. The molecule has 53 heavy (non-hydrogen) atoms. The average molecular weight is 714 g/mol. The molecule has 1 aromatic heterocycles. The van der Waals surface area contributed by atoms with Crippen LogP contribution < -0.4 is 10.1 Å². The van der Waals surface area contributed by atoms with Gasteiger partial charge in [0.1, 0.15) is 23.5 Å². The minimum absolute atomic E-state index is 0.00414. The summed E-state index contributed by atoms with van der Waals surface area (Å²) in [6.07, 6.45) is 14.6. The highest BCUT2D eigenvalue weighted by Gasteiger charge is 2.37. The van der Waals surface area contributed by atoms with E-state index in [4.69, 9.17) is 14.5 Å². The summed E-state index contributed by atoms with van der Waals surface area (Å²) in [4.78, 5) is 35.5. The molecule has 3 aromatic rings. The quantitative estimate of drug-likeness (QED) is 0.184. The molecule has 2 aromatic carbocycles. The highest BCUT2D eigenvalue weighted by Crippen LogP contribution is 2.46. The molecule has 3 aliphatic rings. The lowest BCUT2D eigenvalue weighted by Gasteiger charge is -2.38. The van der Waals surface area contributed by atoms with Gasteiger partial charge in [-0.15, -0.1) is 0 Å². The lowest BCUT2D eigenvalue weighted by Crippen LogP contribution is -2.31. The van der Waals surface area contributed by atoms with Crippen LogP contribution in [0.5, 0.6) is 17.2 Å². The van der Waals surface area contributed by atoms with Gasteiger partial charge in [0.15, 0.2) is 11.5 Å². The number of ether oxygens (including phenoxy) is 2. The Balaban J connectivity index is 1.42. The summed E-state index contributed by atoms with van der Waals surface area (Å²) in [5.74, 6) is 6.73. The molecule has 0 fully saturated rings. The Kier molecular flexibility index (Phi) is 11.8. The van der Waals surface area contributed by atoms with Crippen LogP contribution in [0, 0.1) is 23.2 Å². The number of aromatic nitrogens is 1. The third-order valence-corrected chi connectivity index (χ3v) is 10.7. The normalized spacial score (nSPS) is 24.8. The molecule has 2 aliphatic heterocycles. The monoisotopic (exact) mass is 713 g/mol. The topological polar surface area (TPSA) is 130 Å². The predicted octanol–water partition coefficient (Wildman–Crippen LogP) is 7.82. The van der Waals surface area contributed by atoms with Gasteiger partial charge in [0.05, 0.1) is 26.1 Å². The van der Waals surface area contributed by atoms with E-state index in [0.717, 1.165) is 23.1 Å². The zero-order chi connectivity index (χ0) is 37.4. The third-order valence-electron chi connectivity index (χ3n) is 10.7. The summed E-state index contributed by atoms with van der Waals surface area (Å²) >= 11 is 0. The van der Waals surface area contributed by atoms with E-state index in [2.05, 4.69) is 53.4 Å². The van der Waals surface area contributed by atoms with Crippen LogP contribution in [0.15, 0.2) is 101 Å². The lowest BCUT2D eigenvalue weighted by molar-refractivity contribution is -0.148. The maximum absolute atomic E-state index is 13.8. The van der Waals surface area contributed by atoms with Gasteiger partial charge in [-0.25, -0.2) is 4.98 Å². The van der Waals surface area contributed by atoms with E-state index in [-0.39, 0.29) is 53.9 Å². The van der Waals surface area contributed by atoms with Crippen LogP contribution in [0.1, 0.15) is 80.9 Å². The zero-order valence-electron chi connectivity index (χ0n) is 30.5. The molecule has 9 heteroatoms. The van der Waals surface area contributed by atoms with Crippen LogP contribution in [-0.2, 0) is 14.3 Å². The van der Waals surface area contributed by atoms with Crippen molar-refractivity contribution < 1.29 is 29.3 Å². The number of anilines is 1. The standard InChI is InChI=1S/C44H47N3O6/c1-29-8-4-5-16-44(29)17-14-39(53-30(2)48)25-38(50)20-31(32-12-13-41(51)42(23-32)52-3)10-7-18-46-43-24-34(15-19-47-43)40(33-9-6-11-37(49)21-33)22-35-27-45-28-36(35)26-44/h4-6,8-9,11-13,15-16,19,21,23-24,28-29,31,39-40,49,51H,14,17-18,20,22,25-27H2,1-3H3,(H,46,47)/t29-,31-,39+,40+,44+/m0/s1. The summed E-state index contributed by atoms with van der Waals surface area (Å²) in [6.45, 7) is 4.47. The molecule has 1 aliphatic carbocycles. The Morgan fingerprint density at radius 3 is 2.66 bits per heavy atom. The van der Waals surface area contributed by atoms with Crippen molar-refractivity contribution >= 4 is 23.8 Å². The number of fused-ring (bicyclic) bond motifs is 2. The Bertz CT molecular complexity index is 2020. The predicted molar refractivity (Wildman–Crippen MR) is 206 cm³/mol. The number of aliphatic imine (C=N–C) groups is 1. The minimum Gasteiger partial charge on any atom is -0.508 e. The van der Waals surface area contributed by atoms with Crippen molar-refractivity contribution in [3.8, 4) is 29.1 Å². The van der Waals surface area contributed by atoms with Gasteiger partial charge in [0, 0.05) is 38.1 Å². The maximum Gasteiger partial charge on any atom is 0.302 e. The molecule has 3 N–H and O–H groups in total. The summed E-state index contributed by atoms with van der Waals surface area (Å²) in [5.41, 5.74) is 4.90. The van der Waals surface area contributed by atoms with Crippen LogP contribution in [0.25, 0.3) is 0 Å². The highest BCUT2D eigenvalue weighted by atomic mass is 16.5. The highest BCUT2D eigenvalue weighted by molar-refractivity contribution is 5.83. The Hall–Kier alpha value is -5.62. The number of aromatic hydroxyl groups is 2. The number of phenolic OH excluding ortho intramolecular Hbond substituents is 2. The van der Waals surface area contributed by atoms with Gasteiger partial charge in [-0.2, -0.15) is 0 Å². The smallest absolute Gasteiger partial charge is 0.302 e. The summed E-state index contributed by atoms with van der Waals surface area (Å²) in [5, 5.41) is 24.1. The second-order valence-electron chi connectivity index (χ2n) is 14.2. The van der Waals surface area contributed by atoms with Gasteiger partial charge >= 0.3 is 5.97 Å². The van der Waals surface area contributed by atoms with Crippen LogP contribution >= 0.6 is 0 Å². The first kappa shape index (κ1) is 37.1. The van der Waals surface area contributed by atoms with E-state index in [9.17, 15) is 19.8 Å². The number of pyridine rings is 1. The number of methoxy groups -OCH3 is 1. The van der Waals surface area contributed by atoms with Crippen LogP contribution in [-0.4, -0.2) is 59.5 Å². The van der Waals surface area contributed by atoms with E-state index < -0.39 is 18.0 Å². The van der Waals surface area contributed by atoms with E-state index >= 15 is 0 Å². The molecule has 2 bridgehead atoms. The number of nitrogens with zero attached hydrogens (tertiary/aromatic N) is 2. The number of Topliss-reactive ketones (excluding diaryl/α,β-unsaturated/α-hetero) is 1. The Morgan fingerprint density at radius 2 is 1.87 bits per heavy atom. The average Bonchev–Trinajstić information content (AvgIpc) is 3.57. The second kappa shape index (κ2) is 16.8. The van der Waals surface area contributed by atoms with Crippen molar-refractivity contribution in [1.29, 1.82) is 0 Å². The van der Waals surface area contributed by atoms with E-state index in [1.165, 1.54) is 31.2 Å². The number of rotatable bonds is 4. The molecule has 0 amide bonds. The SMILES string of the molecule is COc1cc([C@H]2C#CCNc3cc(ccn3)[C@@H](c3cccc(O)c3)CC3=C(C=NC3)C[C@@]3(C=CC=C[C@@H]3C)CC[C@@H](OC(C)=O)CC(=O)C2)ccc1O. The van der Waals surface area contributed by atoms with E-state index in [1.54, 1.807) is 24.4 Å². The van der Waals surface area contributed by atoms with Gasteiger partial charge in [-0.1, -0.05) is 61.3 Å². The summed E-state index contributed by atoms with van der Waals surface area (Å²) in [6, 6.07) is 16.5. The number of phenols is 2. The van der Waals surface area contributed by atoms with Crippen molar-refractivity contribution in [1.82, 2.24) is 4.98 Å². The number of ketones is 1. The van der Waals surface area contributed by atoms with Crippen LogP contribution in [0.2, 0.25) is 0 Å². The first-order valence-corrected chi connectivity index (χ1v) is 18.2. The molecule has 1 spiro atoms. The molecule has 0 saturated carbocycles. The number of hydrogen-bond donors (Lipinski definition) is 3. The molecule has 0 saturated heterocycles. The fourth-order valence-electron chi connectivity index (χ4n) is 7.70. The number of allylic oxidation sites excluding steroid dienone is 5. The van der Waals surface area contributed by atoms with Gasteiger partial charge < -0.3 is 25.0 Å². The first-order valence-electron chi connectivity index (χ1n) is 18.2. The maximum atomic E-state index is 13.8. The molecular weight excluding hydrogens is 666 g/mol. The van der Waals surface area contributed by atoms with Gasteiger partial charge in [-0.05, 0) is 101 Å². The van der Waals surface area contributed by atoms with Gasteiger partial charge in [0.2, 0.25) is 0 Å². The van der Waals surface area contributed by atoms with E-state index in [1.807, 2.05) is 36.5 Å². The number of benzene rings is 2. The largest absolute Gasteiger partial charge is 0.508 e. The van der Waals surface area contributed by atoms with Crippen molar-refractivity contribution in [2.75, 3.05) is 25.5 Å². The molecule has 5 atom stereocenters. The fraction of sp³-hybridized carbons (Fsp3) is 0.364. The molecule has 9 nitrogen and oxygen atoms in total. The summed E-state index contributed by atoms with van der Waals surface area (Å²) in [7, 11) is 1.48. The number of hydrogen-bond acceptors (Lipinski definition) is 9. The van der Waals surface area contributed by atoms with E-state index in [0.29, 0.717) is 37.4 Å². The molecule has 0 unspecified atom stereocenters. The molecule has 6 rings (SSSR count). The molecule has 3 heterocycles. The first-order chi connectivity index (χ1) is 25.6. The number of nitrogens with one attached hydrogen (secondary N) is 1. The number of carbonyl (C=O) groups is 2. The van der Waals surface area contributed by atoms with Crippen molar-refractivity contribution in [3.05, 3.63) is 113 Å². The van der Waals surface area contributed by atoms with Crippen molar-refractivity contribution in [2.45, 2.75) is 70.3 Å². The molecule has 274 valence electrons. The fourth-order valence-corrected chi connectivity index (χ4v) is 7.70. The zero-order valence-corrected chi connectivity index (χ0v) is 30.5. The third kappa shape index (κ3) is 9.25. The van der Waals surface area contributed by atoms with Gasteiger partial charge in [-0.3, -0.25) is 14.6 Å². The Labute approximate surface area is 311 Å². The summed E-state index contributed by atoms with van der Waals surface area (Å²) < 4.78 is 11.2. The number of esters is 1. The minimum atomic E-state index is -0.601. The lowest BCUT2D eigenvalue weighted by atomic mass is 9.66. The second-order valence-corrected chi connectivity index (χ2v) is 14.2. The van der Waals surface area contributed by atoms with Crippen LogP contribution in [0.3, 0.4) is 0 Å². The number of carbonyl (C=O) groups excluding carboxylic acids is 2. The van der Waals surface area contributed by atoms with Crippen LogP contribution in [0.4, 0.5) is 5.82 Å². The van der Waals surface area contributed by atoms with Gasteiger partial charge in [0.25, 0.3) is 0 Å².